The van der Waals surface area contributed by atoms with Crippen LogP contribution < -0.4 is 4.74 Å². The Kier molecular flexibility index (Phi) is 3.97. The number of hydrogen-bond acceptors (Lipinski definition) is 3. The second kappa shape index (κ2) is 5.50. The molecule has 0 saturated heterocycles. The minimum Gasteiger partial charge on any atom is -0.495 e. The summed E-state index contributed by atoms with van der Waals surface area (Å²) in [6.07, 6.45) is 1.43. The number of methoxy groups -OCH3 is 1. The molecule has 0 amide bonds. The smallest absolute Gasteiger partial charge is 0.142 e. The van der Waals surface area contributed by atoms with Crippen LogP contribution >= 0.6 is 11.6 Å². The highest BCUT2D eigenvalue weighted by molar-refractivity contribution is 6.30. The summed E-state index contributed by atoms with van der Waals surface area (Å²) in [4.78, 5) is 3.84. The monoisotopic (exact) mass is 285 g/mol. The minimum atomic E-state index is -1.35. The largest absolute Gasteiger partial charge is 0.495 e. The molecule has 0 bridgehead atoms. The lowest BCUT2D eigenvalue weighted by Crippen LogP contribution is -2.04. The Hall–Kier alpha value is -1.72. The van der Waals surface area contributed by atoms with Gasteiger partial charge in [0.05, 0.1) is 18.3 Å². The van der Waals surface area contributed by atoms with Gasteiger partial charge in [-0.2, -0.15) is 0 Å². The highest BCUT2D eigenvalue weighted by Crippen LogP contribution is 2.29. The fraction of sp³-hybridized carbons (Fsp3) is 0.154. The minimum absolute atomic E-state index is 0.211. The van der Waals surface area contributed by atoms with Crippen LogP contribution in [-0.2, 0) is 0 Å². The maximum Gasteiger partial charge on any atom is 0.142 e. The van der Waals surface area contributed by atoms with Gasteiger partial charge in [-0.05, 0) is 18.2 Å². The number of aliphatic hydroxyl groups is 1. The van der Waals surface area contributed by atoms with E-state index in [1.54, 1.807) is 0 Å². The van der Waals surface area contributed by atoms with Crippen molar-refractivity contribution in [2.24, 2.45) is 0 Å². The number of aromatic nitrogens is 1. The van der Waals surface area contributed by atoms with Crippen molar-refractivity contribution < 1.29 is 18.6 Å². The maximum absolute atomic E-state index is 13.7. The molecule has 3 nitrogen and oxygen atoms in total. The van der Waals surface area contributed by atoms with Crippen LogP contribution in [0.5, 0.6) is 5.75 Å². The van der Waals surface area contributed by atoms with Crippen LogP contribution in [-0.4, -0.2) is 17.2 Å². The van der Waals surface area contributed by atoms with Gasteiger partial charge in [-0.3, -0.25) is 4.98 Å². The molecule has 0 fully saturated rings. The molecule has 6 heteroatoms. The van der Waals surface area contributed by atoms with E-state index in [-0.39, 0.29) is 10.6 Å². The van der Waals surface area contributed by atoms with Gasteiger partial charge in [0, 0.05) is 17.3 Å². The van der Waals surface area contributed by atoms with Crippen molar-refractivity contribution >= 4 is 11.6 Å². The molecule has 0 aliphatic rings. The Balaban J connectivity index is 2.43. The Morgan fingerprint density at radius 1 is 1.21 bits per heavy atom. The molecule has 19 heavy (non-hydrogen) atoms. The van der Waals surface area contributed by atoms with Crippen molar-refractivity contribution in [1.82, 2.24) is 4.98 Å². The summed E-state index contributed by atoms with van der Waals surface area (Å²) in [5.41, 5.74) is 0.0805. The molecule has 0 spiro atoms. The topological polar surface area (TPSA) is 42.4 Å². The third kappa shape index (κ3) is 2.83. The number of pyridine rings is 1. The van der Waals surface area contributed by atoms with Gasteiger partial charge in [-0.15, -0.1) is 0 Å². The van der Waals surface area contributed by atoms with E-state index in [0.29, 0.717) is 11.3 Å². The molecular formula is C13H10ClF2NO2. The molecule has 1 unspecified atom stereocenters. The van der Waals surface area contributed by atoms with Crippen LogP contribution in [0.3, 0.4) is 0 Å². The molecule has 2 aromatic rings. The molecule has 0 radical (unpaired) electrons. The van der Waals surface area contributed by atoms with E-state index in [2.05, 4.69) is 4.98 Å². The van der Waals surface area contributed by atoms with Crippen LogP contribution in [0, 0.1) is 11.6 Å². The van der Waals surface area contributed by atoms with Gasteiger partial charge in [0.25, 0.3) is 0 Å². The van der Waals surface area contributed by atoms with E-state index in [4.69, 9.17) is 16.3 Å². The molecule has 0 saturated carbocycles. The zero-order chi connectivity index (χ0) is 14.0. The van der Waals surface area contributed by atoms with Gasteiger partial charge in [0.1, 0.15) is 23.5 Å². The summed E-state index contributed by atoms with van der Waals surface area (Å²) in [6.45, 7) is 0. The van der Waals surface area contributed by atoms with E-state index >= 15 is 0 Å². The Labute approximate surface area is 113 Å². The van der Waals surface area contributed by atoms with Gasteiger partial charge in [0.15, 0.2) is 0 Å². The Bertz CT molecular complexity index is 607. The van der Waals surface area contributed by atoms with Crippen LogP contribution in [0.15, 0.2) is 30.6 Å². The third-order valence-electron chi connectivity index (χ3n) is 2.62. The summed E-state index contributed by atoms with van der Waals surface area (Å²) in [7, 11) is 1.44. The number of nitrogens with zero attached hydrogens (tertiary/aromatic N) is 1. The summed E-state index contributed by atoms with van der Waals surface area (Å²) in [5.74, 6) is -1.18. The molecule has 1 aromatic carbocycles. The highest BCUT2D eigenvalue weighted by atomic mass is 35.5. The highest BCUT2D eigenvalue weighted by Gasteiger charge is 2.18. The summed E-state index contributed by atoms with van der Waals surface area (Å²) < 4.78 is 32.0. The van der Waals surface area contributed by atoms with Crippen molar-refractivity contribution in [2.75, 3.05) is 7.11 Å². The summed E-state index contributed by atoms with van der Waals surface area (Å²) in [6, 6.07) is 3.18. The predicted molar refractivity (Wildman–Crippen MR) is 66.2 cm³/mol. The van der Waals surface area contributed by atoms with Crippen molar-refractivity contribution in [2.45, 2.75) is 6.10 Å². The Morgan fingerprint density at radius 2 is 1.95 bits per heavy atom. The lowest BCUT2D eigenvalue weighted by molar-refractivity contribution is 0.213. The number of aliphatic hydroxyl groups excluding tert-OH is 1. The quantitative estimate of drug-likeness (QED) is 0.881. The van der Waals surface area contributed by atoms with Gasteiger partial charge in [0.2, 0.25) is 0 Å². The standard InChI is InChI=1S/C13H10ClF2NO2/c1-19-8-2-7(5-17-6-8)13(18)9-3-12(16)10(14)4-11(9)15/h2-6,13,18H,1H3. The van der Waals surface area contributed by atoms with Gasteiger partial charge < -0.3 is 9.84 Å². The number of benzene rings is 1. The molecule has 1 atom stereocenters. The number of ether oxygens (including phenoxy) is 1. The number of halogens is 3. The van der Waals surface area contributed by atoms with E-state index in [9.17, 15) is 13.9 Å². The predicted octanol–water partition coefficient (Wildman–Crippen LogP) is 3.10. The number of hydrogen-bond donors (Lipinski definition) is 1. The first-order valence-corrected chi connectivity index (χ1v) is 5.72. The second-order valence-electron chi connectivity index (χ2n) is 3.85. The Morgan fingerprint density at radius 3 is 2.63 bits per heavy atom. The lowest BCUT2D eigenvalue weighted by atomic mass is 10.0. The number of rotatable bonds is 3. The van der Waals surface area contributed by atoms with E-state index in [0.717, 1.165) is 12.1 Å². The summed E-state index contributed by atoms with van der Waals surface area (Å²) in [5, 5.41) is 9.73. The van der Waals surface area contributed by atoms with Crippen molar-refractivity contribution in [3.8, 4) is 5.75 Å². The molecule has 1 aromatic heterocycles. The maximum atomic E-state index is 13.7. The molecular weight excluding hydrogens is 276 g/mol. The summed E-state index contributed by atoms with van der Waals surface area (Å²) >= 11 is 5.46. The van der Waals surface area contributed by atoms with E-state index in [1.165, 1.54) is 25.6 Å². The first kappa shape index (κ1) is 13.7. The molecule has 2 rings (SSSR count). The first-order chi connectivity index (χ1) is 9.02. The van der Waals surface area contributed by atoms with Crippen LogP contribution in [0.4, 0.5) is 8.78 Å². The fourth-order valence-corrected chi connectivity index (χ4v) is 1.77. The van der Waals surface area contributed by atoms with E-state index < -0.39 is 17.7 Å². The van der Waals surface area contributed by atoms with Crippen LogP contribution in [0.25, 0.3) is 0 Å². The average molecular weight is 286 g/mol. The van der Waals surface area contributed by atoms with Gasteiger partial charge in [-0.25, -0.2) is 8.78 Å². The molecule has 0 aliphatic carbocycles. The van der Waals surface area contributed by atoms with Crippen molar-refractivity contribution in [3.05, 3.63) is 58.4 Å². The lowest BCUT2D eigenvalue weighted by Gasteiger charge is -2.13. The van der Waals surface area contributed by atoms with Gasteiger partial charge in [-0.1, -0.05) is 11.6 Å². The molecule has 100 valence electrons. The van der Waals surface area contributed by atoms with Crippen LogP contribution in [0.1, 0.15) is 17.2 Å². The third-order valence-corrected chi connectivity index (χ3v) is 2.91. The second-order valence-corrected chi connectivity index (χ2v) is 4.26. The zero-order valence-electron chi connectivity index (χ0n) is 9.90. The average Bonchev–Trinajstić information content (AvgIpc) is 2.42. The molecule has 1 N–H and O–H groups in total. The van der Waals surface area contributed by atoms with E-state index in [1.807, 2.05) is 0 Å². The molecule has 1 heterocycles. The molecule has 0 aliphatic heterocycles. The van der Waals surface area contributed by atoms with Crippen LogP contribution in [0.2, 0.25) is 5.02 Å². The van der Waals surface area contributed by atoms with Crippen molar-refractivity contribution in [3.63, 3.8) is 0 Å². The zero-order valence-corrected chi connectivity index (χ0v) is 10.7. The fourth-order valence-electron chi connectivity index (χ4n) is 1.62. The first-order valence-electron chi connectivity index (χ1n) is 5.34. The normalized spacial score (nSPS) is 12.3. The SMILES string of the molecule is COc1cncc(C(O)c2cc(F)c(Cl)cc2F)c1. The van der Waals surface area contributed by atoms with Crippen molar-refractivity contribution in [1.29, 1.82) is 0 Å². The van der Waals surface area contributed by atoms with Gasteiger partial charge >= 0.3 is 0 Å².